The predicted octanol–water partition coefficient (Wildman–Crippen LogP) is 3.55. The number of guanidine groups is 1. The molecule has 0 radical (unpaired) electrons. The van der Waals surface area contributed by atoms with Crippen LogP contribution in [0.3, 0.4) is 0 Å². The smallest absolute Gasteiger partial charge is 0.191 e. The molecule has 0 aliphatic carbocycles. The lowest BCUT2D eigenvalue weighted by Crippen LogP contribution is -2.37. The summed E-state index contributed by atoms with van der Waals surface area (Å²) < 4.78 is 31.9. The van der Waals surface area contributed by atoms with Gasteiger partial charge < -0.3 is 20.5 Å². The summed E-state index contributed by atoms with van der Waals surface area (Å²) in [5, 5.41) is 15.8. The lowest BCUT2D eigenvalue weighted by atomic mass is 10.2. The maximum atomic E-state index is 13.7. The highest BCUT2D eigenvalue weighted by Gasteiger charge is 2.06. The van der Waals surface area contributed by atoms with E-state index in [0.29, 0.717) is 24.8 Å². The highest BCUT2D eigenvalue weighted by Crippen LogP contribution is 2.26. The lowest BCUT2D eigenvalue weighted by molar-refractivity contribution is 0.373. The Hall–Kier alpha value is -2.10. The van der Waals surface area contributed by atoms with E-state index in [2.05, 4.69) is 15.6 Å². The molecule has 5 nitrogen and oxygen atoms in total. The number of aromatic hydroxyl groups is 1. The molecule has 0 bridgehead atoms. The number of hydrogen-bond donors (Lipinski definition) is 3. The van der Waals surface area contributed by atoms with Gasteiger partial charge in [0.1, 0.15) is 11.6 Å². The summed E-state index contributed by atoms with van der Waals surface area (Å²) in [5.74, 6) is -0.0884. The summed E-state index contributed by atoms with van der Waals surface area (Å²) in [7, 11) is 1.48. The van der Waals surface area contributed by atoms with Crippen molar-refractivity contribution in [3.63, 3.8) is 0 Å². The Morgan fingerprint density at radius 3 is 2.58 bits per heavy atom. The van der Waals surface area contributed by atoms with Crippen LogP contribution in [0.5, 0.6) is 11.5 Å². The van der Waals surface area contributed by atoms with Crippen molar-refractivity contribution in [3.8, 4) is 11.5 Å². The Balaban J connectivity index is 0.00000338. The van der Waals surface area contributed by atoms with E-state index in [-0.39, 0.29) is 41.8 Å². The minimum atomic E-state index is -0.492. The van der Waals surface area contributed by atoms with Gasteiger partial charge in [0.25, 0.3) is 0 Å². The van der Waals surface area contributed by atoms with Crippen molar-refractivity contribution in [1.82, 2.24) is 10.6 Å². The third-order valence-corrected chi connectivity index (χ3v) is 3.46. The highest BCUT2D eigenvalue weighted by molar-refractivity contribution is 14.0. The fourth-order valence-electron chi connectivity index (χ4n) is 2.20. The van der Waals surface area contributed by atoms with Gasteiger partial charge in [0, 0.05) is 18.7 Å². The van der Waals surface area contributed by atoms with Gasteiger partial charge in [-0.1, -0.05) is 6.07 Å². The third kappa shape index (κ3) is 6.32. The van der Waals surface area contributed by atoms with Gasteiger partial charge in [-0.2, -0.15) is 0 Å². The molecule has 8 heteroatoms. The van der Waals surface area contributed by atoms with Crippen molar-refractivity contribution >= 4 is 29.9 Å². The Bertz CT molecular complexity index is 757. The van der Waals surface area contributed by atoms with E-state index in [1.807, 2.05) is 6.92 Å². The molecule has 0 saturated carbocycles. The van der Waals surface area contributed by atoms with Gasteiger partial charge in [-0.15, -0.1) is 24.0 Å². The molecule has 2 aromatic carbocycles. The summed E-state index contributed by atoms with van der Waals surface area (Å²) >= 11 is 0. The SMILES string of the molecule is CCNC(=NCc1ccc(OC)c(O)c1)NCc1cc(F)ccc1F.I. The fourth-order valence-corrected chi connectivity index (χ4v) is 2.20. The zero-order chi connectivity index (χ0) is 18.2. The molecule has 0 aromatic heterocycles. The quantitative estimate of drug-likeness (QED) is 0.339. The third-order valence-electron chi connectivity index (χ3n) is 3.46. The van der Waals surface area contributed by atoms with E-state index in [4.69, 9.17) is 4.74 Å². The first-order chi connectivity index (χ1) is 12.0. The van der Waals surface area contributed by atoms with E-state index in [0.717, 1.165) is 23.8 Å². The number of benzene rings is 2. The van der Waals surface area contributed by atoms with Crippen LogP contribution in [-0.4, -0.2) is 24.7 Å². The van der Waals surface area contributed by atoms with Crippen LogP contribution in [0.15, 0.2) is 41.4 Å². The molecule has 0 aliphatic rings. The first-order valence-corrected chi connectivity index (χ1v) is 7.85. The Labute approximate surface area is 168 Å². The van der Waals surface area contributed by atoms with Crippen LogP contribution >= 0.6 is 24.0 Å². The van der Waals surface area contributed by atoms with E-state index in [1.165, 1.54) is 7.11 Å². The molecule has 0 heterocycles. The van der Waals surface area contributed by atoms with Crippen LogP contribution in [0.2, 0.25) is 0 Å². The Morgan fingerprint density at radius 2 is 1.92 bits per heavy atom. The topological polar surface area (TPSA) is 65.9 Å². The zero-order valence-corrected chi connectivity index (χ0v) is 16.9. The second-order valence-corrected chi connectivity index (χ2v) is 5.29. The van der Waals surface area contributed by atoms with E-state index < -0.39 is 11.6 Å². The second-order valence-electron chi connectivity index (χ2n) is 5.29. The largest absolute Gasteiger partial charge is 0.504 e. The molecule has 0 aliphatic heterocycles. The summed E-state index contributed by atoms with van der Waals surface area (Å²) in [6.07, 6.45) is 0. The van der Waals surface area contributed by atoms with Gasteiger partial charge in [-0.05, 0) is 42.8 Å². The maximum absolute atomic E-state index is 13.7. The van der Waals surface area contributed by atoms with Crippen LogP contribution in [0, 0.1) is 11.6 Å². The molecule has 26 heavy (non-hydrogen) atoms. The number of halogens is 3. The van der Waals surface area contributed by atoms with Crippen molar-refractivity contribution < 1.29 is 18.6 Å². The van der Waals surface area contributed by atoms with Crippen LogP contribution in [0.25, 0.3) is 0 Å². The first kappa shape index (κ1) is 21.9. The van der Waals surface area contributed by atoms with Crippen molar-refractivity contribution in [1.29, 1.82) is 0 Å². The summed E-state index contributed by atoms with van der Waals surface area (Å²) in [6, 6.07) is 8.33. The molecular formula is C18H22F2IN3O2. The number of methoxy groups -OCH3 is 1. The monoisotopic (exact) mass is 477 g/mol. The molecule has 0 saturated heterocycles. The van der Waals surface area contributed by atoms with Crippen molar-refractivity contribution in [2.24, 2.45) is 4.99 Å². The molecule has 0 unspecified atom stereocenters. The van der Waals surface area contributed by atoms with Gasteiger partial charge in [-0.25, -0.2) is 13.8 Å². The predicted molar refractivity (Wildman–Crippen MR) is 108 cm³/mol. The number of rotatable bonds is 6. The number of phenolic OH excluding ortho intramolecular Hbond substituents is 1. The number of nitrogens with one attached hydrogen (secondary N) is 2. The van der Waals surface area contributed by atoms with Crippen LogP contribution in [-0.2, 0) is 13.1 Å². The minimum Gasteiger partial charge on any atom is -0.504 e. The summed E-state index contributed by atoms with van der Waals surface area (Å²) in [5.41, 5.74) is 1.00. The van der Waals surface area contributed by atoms with Crippen LogP contribution in [0.4, 0.5) is 8.78 Å². The molecule has 0 amide bonds. The normalized spacial score (nSPS) is 10.8. The number of nitrogens with zero attached hydrogens (tertiary/aromatic N) is 1. The molecule has 3 N–H and O–H groups in total. The van der Waals surface area contributed by atoms with Crippen LogP contribution in [0.1, 0.15) is 18.1 Å². The summed E-state index contributed by atoms with van der Waals surface area (Å²) in [6.45, 7) is 2.92. The van der Waals surface area contributed by atoms with Gasteiger partial charge in [0.15, 0.2) is 17.5 Å². The van der Waals surface area contributed by atoms with Gasteiger partial charge in [-0.3, -0.25) is 0 Å². The second kappa shape index (κ2) is 10.8. The van der Waals surface area contributed by atoms with Crippen molar-refractivity contribution in [3.05, 3.63) is 59.2 Å². The fraction of sp³-hybridized carbons (Fsp3) is 0.278. The van der Waals surface area contributed by atoms with Gasteiger partial charge in [0.05, 0.1) is 13.7 Å². The standard InChI is InChI=1S/C18H21F2N3O2.HI/c1-3-21-18(23-11-13-9-14(19)5-6-15(13)20)22-10-12-4-7-17(25-2)16(24)8-12;/h4-9,24H,3,10-11H2,1-2H3,(H2,21,22,23);1H. The van der Waals surface area contributed by atoms with Crippen molar-refractivity contribution in [2.45, 2.75) is 20.0 Å². The molecule has 0 atom stereocenters. The van der Waals surface area contributed by atoms with E-state index in [1.54, 1.807) is 18.2 Å². The molecule has 0 spiro atoms. The molecule has 0 fully saturated rings. The molecule has 2 rings (SSSR count). The first-order valence-electron chi connectivity index (χ1n) is 7.85. The zero-order valence-electron chi connectivity index (χ0n) is 14.6. The van der Waals surface area contributed by atoms with Gasteiger partial charge in [0.2, 0.25) is 0 Å². The Kier molecular flexibility index (Phi) is 9.11. The highest BCUT2D eigenvalue weighted by atomic mass is 127. The number of aliphatic imine (C=N–C) groups is 1. The maximum Gasteiger partial charge on any atom is 0.191 e. The minimum absolute atomic E-state index is 0. The molecular weight excluding hydrogens is 455 g/mol. The van der Waals surface area contributed by atoms with E-state index in [9.17, 15) is 13.9 Å². The molecule has 142 valence electrons. The number of ether oxygens (including phenoxy) is 1. The summed E-state index contributed by atoms with van der Waals surface area (Å²) in [4.78, 5) is 4.37. The van der Waals surface area contributed by atoms with Crippen molar-refractivity contribution in [2.75, 3.05) is 13.7 Å². The Morgan fingerprint density at radius 1 is 1.15 bits per heavy atom. The average Bonchev–Trinajstić information content (AvgIpc) is 2.60. The van der Waals surface area contributed by atoms with E-state index >= 15 is 0 Å². The number of phenols is 1. The number of hydrogen-bond acceptors (Lipinski definition) is 3. The lowest BCUT2D eigenvalue weighted by Gasteiger charge is -2.12. The van der Waals surface area contributed by atoms with Crippen LogP contribution < -0.4 is 15.4 Å². The average molecular weight is 477 g/mol. The van der Waals surface area contributed by atoms with Gasteiger partial charge >= 0.3 is 0 Å². The molecule has 2 aromatic rings.